The molecule has 1 amide bonds. The number of carbonyl (C=O) groups is 3. The van der Waals surface area contributed by atoms with Gasteiger partial charge in [0.15, 0.2) is 6.61 Å². The molecule has 4 saturated carbocycles. The number of amides is 1. The van der Waals surface area contributed by atoms with Crippen LogP contribution in [0, 0.1) is 40.4 Å². The van der Waals surface area contributed by atoms with Crippen LogP contribution in [-0.2, 0) is 19.1 Å². The molecule has 0 radical (unpaired) electrons. The van der Waals surface area contributed by atoms with E-state index in [2.05, 4.69) is 26.1 Å². The lowest BCUT2D eigenvalue weighted by Gasteiger charge is -2.62. The number of nitrogens with zero attached hydrogens (tertiary/aromatic N) is 1. The average molecular weight is 505 g/mol. The lowest BCUT2D eigenvalue weighted by molar-refractivity contribution is -0.183. The number of carbonyl (C=O) groups excluding carboxylic acids is 3. The summed E-state index contributed by atoms with van der Waals surface area (Å²) in [7, 11) is 3.85. The zero-order valence-corrected chi connectivity index (χ0v) is 23.4. The maximum absolute atomic E-state index is 12.6. The summed E-state index contributed by atoms with van der Waals surface area (Å²) < 4.78 is 11.0. The van der Waals surface area contributed by atoms with Crippen LogP contribution in [0.2, 0.25) is 0 Å². The highest BCUT2D eigenvalue weighted by molar-refractivity contribution is 5.79. The Morgan fingerprint density at radius 2 is 1.64 bits per heavy atom. The second-order valence-electron chi connectivity index (χ2n) is 13.4. The van der Waals surface area contributed by atoms with Gasteiger partial charge in [0.25, 0.3) is 0 Å². The average Bonchev–Trinajstić information content (AvgIpc) is 3.15. The molecule has 0 aliphatic heterocycles. The SMILES string of the molecule is CC(=O)[C@H]1CC[C@H]2[C@@H]3CC[C@H]4C[C@](C)(OC(=O)COC(=O)NCCN(C)C)CC[C@]4(C)[C@H]3CC[C@]12C. The van der Waals surface area contributed by atoms with Crippen LogP contribution in [0.25, 0.3) is 0 Å². The van der Waals surface area contributed by atoms with Crippen LogP contribution in [0.1, 0.15) is 85.5 Å². The van der Waals surface area contributed by atoms with Crippen molar-refractivity contribution in [3.63, 3.8) is 0 Å². The summed E-state index contributed by atoms with van der Waals surface area (Å²) in [6.07, 6.45) is 9.29. The standard InChI is InChI=1S/C29H48N2O5/c1-19(32)22-9-10-23-21-8-7-20-17-27(2,13-14-28(20,3)24(21)11-12-29(22,23)4)36-25(33)18-35-26(34)30-15-16-31(5)6/h20-24H,7-18H2,1-6H3,(H,30,34)/t20-,21-,22+,23-,24-,27+,28-,29+/m0/s1. The molecule has 4 fully saturated rings. The topological polar surface area (TPSA) is 84.9 Å². The summed E-state index contributed by atoms with van der Waals surface area (Å²) in [6.45, 7) is 9.58. The molecule has 7 nitrogen and oxygen atoms in total. The third kappa shape index (κ3) is 5.19. The summed E-state index contributed by atoms with van der Waals surface area (Å²) in [5.41, 5.74) is -0.0456. The molecule has 0 saturated heterocycles. The molecule has 36 heavy (non-hydrogen) atoms. The van der Waals surface area contributed by atoms with Crippen LogP contribution in [0.5, 0.6) is 0 Å². The van der Waals surface area contributed by atoms with E-state index in [1.54, 1.807) is 6.92 Å². The van der Waals surface area contributed by atoms with Gasteiger partial charge in [-0.25, -0.2) is 9.59 Å². The van der Waals surface area contributed by atoms with Crippen LogP contribution >= 0.6 is 0 Å². The number of nitrogens with one attached hydrogen (secondary N) is 1. The maximum atomic E-state index is 12.6. The highest BCUT2D eigenvalue weighted by atomic mass is 16.6. The predicted octanol–water partition coefficient (Wildman–Crippen LogP) is 4.82. The molecule has 0 spiro atoms. The fourth-order valence-electron chi connectivity index (χ4n) is 9.04. The molecular formula is C29H48N2O5. The second-order valence-corrected chi connectivity index (χ2v) is 13.4. The van der Waals surface area contributed by atoms with E-state index in [1.165, 1.54) is 32.1 Å². The molecule has 0 aromatic rings. The first-order chi connectivity index (χ1) is 16.9. The second kappa shape index (κ2) is 10.3. The number of alkyl carbamates (subject to hydrolysis) is 1. The van der Waals surface area contributed by atoms with Crippen molar-refractivity contribution in [1.82, 2.24) is 10.2 Å². The predicted molar refractivity (Wildman–Crippen MR) is 138 cm³/mol. The highest BCUT2D eigenvalue weighted by Gasteiger charge is 2.61. The minimum absolute atomic E-state index is 0.188. The fraction of sp³-hybridized carbons (Fsp3) is 0.897. The number of ketones is 1. The Labute approximate surface area is 217 Å². The number of hydrogen-bond acceptors (Lipinski definition) is 6. The number of esters is 1. The molecular weight excluding hydrogens is 456 g/mol. The molecule has 0 unspecified atom stereocenters. The van der Waals surface area contributed by atoms with Crippen molar-refractivity contribution in [3.05, 3.63) is 0 Å². The van der Waals surface area contributed by atoms with Crippen LogP contribution in [-0.4, -0.2) is 62.1 Å². The minimum atomic E-state index is -0.586. The van der Waals surface area contributed by atoms with Crippen LogP contribution < -0.4 is 5.32 Å². The van der Waals surface area contributed by atoms with Gasteiger partial charge in [0.2, 0.25) is 0 Å². The van der Waals surface area contributed by atoms with Gasteiger partial charge in [-0.1, -0.05) is 13.8 Å². The molecule has 0 aromatic heterocycles. The Hall–Kier alpha value is -1.63. The molecule has 4 aliphatic rings. The third-order valence-electron chi connectivity index (χ3n) is 10.9. The van der Waals surface area contributed by atoms with Crippen LogP contribution in [0.3, 0.4) is 0 Å². The summed E-state index contributed by atoms with van der Waals surface area (Å²) in [4.78, 5) is 38.8. The van der Waals surface area contributed by atoms with Crippen molar-refractivity contribution in [3.8, 4) is 0 Å². The molecule has 8 atom stereocenters. The van der Waals surface area contributed by atoms with E-state index in [1.807, 2.05) is 19.0 Å². The first-order valence-corrected chi connectivity index (χ1v) is 14.2. The van der Waals surface area contributed by atoms with E-state index >= 15 is 0 Å². The molecule has 0 aromatic carbocycles. The van der Waals surface area contributed by atoms with Crippen molar-refractivity contribution in [2.75, 3.05) is 33.8 Å². The maximum Gasteiger partial charge on any atom is 0.407 e. The summed E-state index contributed by atoms with van der Waals surface area (Å²) >= 11 is 0. The van der Waals surface area contributed by atoms with Gasteiger partial charge in [0.05, 0.1) is 0 Å². The lowest BCUT2D eigenvalue weighted by Crippen LogP contribution is -2.56. The summed E-state index contributed by atoms with van der Waals surface area (Å²) in [5, 5.41) is 2.65. The molecule has 1 N–H and O–H groups in total. The van der Waals surface area contributed by atoms with Crippen molar-refractivity contribution < 1.29 is 23.9 Å². The van der Waals surface area contributed by atoms with Gasteiger partial charge in [0.1, 0.15) is 11.4 Å². The van der Waals surface area contributed by atoms with Crippen molar-refractivity contribution >= 4 is 17.8 Å². The number of rotatable bonds is 7. The smallest absolute Gasteiger partial charge is 0.407 e. The molecule has 4 rings (SSSR count). The Kier molecular flexibility index (Phi) is 7.81. The fourth-order valence-corrected chi connectivity index (χ4v) is 9.04. The zero-order chi connectivity index (χ0) is 26.3. The van der Waals surface area contributed by atoms with E-state index in [4.69, 9.17) is 9.47 Å². The summed E-state index contributed by atoms with van der Waals surface area (Å²) in [5.74, 6) is 2.82. The molecule has 204 valence electrons. The Morgan fingerprint density at radius 3 is 2.33 bits per heavy atom. The molecule has 7 heteroatoms. The molecule has 0 bridgehead atoms. The normalized spacial score (nSPS) is 41.6. The number of hydrogen-bond donors (Lipinski definition) is 1. The number of ether oxygens (including phenoxy) is 2. The molecule has 0 heterocycles. The highest BCUT2D eigenvalue weighted by Crippen LogP contribution is 2.68. The van der Waals surface area contributed by atoms with Gasteiger partial charge in [-0.2, -0.15) is 0 Å². The lowest BCUT2D eigenvalue weighted by atomic mass is 9.44. The van der Waals surface area contributed by atoms with Gasteiger partial charge in [-0.15, -0.1) is 0 Å². The van der Waals surface area contributed by atoms with Crippen molar-refractivity contribution in [2.45, 2.75) is 91.1 Å². The minimum Gasteiger partial charge on any atom is -0.457 e. The third-order valence-corrected chi connectivity index (χ3v) is 10.9. The van der Waals surface area contributed by atoms with Crippen LogP contribution in [0.4, 0.5) is 4.79 Å². The quantitative estimate of drug-likeness (QED) is 0.500. The van der Waals surface area contributed by atoms with Crippen molar-refractivity contribution in [1.29, 1.82) is 0 Å². The number of fused-ring (bicyclic) bond motifs is 5. The van der Waals surface area contributed by atoms with Crippen LogP contribution in [0.15, 0.2) is 0 Å². The number of likely N-dealkylation sites (N-methyl/N-ethyl adjacent to an activating group) is 1. The van der Waals surface area contributed by atoms with Gasteiger partial charge in [0, 0.05) is 19.0 Å². The Balaban J connectivity index is 1.33. The molecule has 4 aliphatic carbocycles. The van der Waals surface area contributed by atoms with E-state index < -0.39 is 17.7 Å². The first kappa shape index (κ1) is 27.4. The van der Waals surface area contributed by atoms with Gasteiger partial charge in [-0.05, 0) is 120 Å². The van der Waals surface area contributed by atoms with Gasteiger partial charge >= 0.3 is 12.1 Å². The van der Waals surface area contributed by atoms with E-state index in [0.29, 0.717) is 36.6 Å². The van der Waals surface area contributed by atoms with E-state index in [0.717, 1.165) is 31.6 Å². The van der Waals surface area contributed by atoms with Gasteiger partial charge < -0.3 is 19.7 Å². The first-order valence-electron chi connectivity index (χ1n) is 14.2. The van der Waals surface area contributed by atoms with E-state index in [-0.39, 0.29) is 23.4 Å². The Morgan fingerprint density at radius 1 is 0.917 bits per heavy atom. The summed E-state index contributed by atoms with van der Waals surface area (Å²) in [6, 6.07) is 0. The monoisotopic (exact) mass is 504 g/mol. The largest absolute Gasteiger partial charge is 0.457 e. The van der Waals surface area contributed by atoms with Crippen molar-refractivity contribution in [2.24, 2.45) is 40.4 Å². The number of Topliss-reactive ketones (excluding diaryl/α,β-unsaturated/α-hetero) is 1. The Bertz CT molecular complexity index is 861. The van der Waals surface area contributed by atoms with E-state index in [9.17, 15) is 14.4 Å². The van der Waals surface area contributed by atoms with Gasteiger partial charge in [-0.3, -0.25) is 4.79 Å². The zero-order valence-electron chi connectivity index (χ0n) is 23.4.